The summed E-state index contributed by atoms with van der Waals surface area (Å²) in [5.41, 5.74) is 0.664. The maximum Gasteiger partial charge on any atom is 0.262 e. The molecular weight excluding hydrogens is 458 g/mol. The van der Waals surface area contributed by atoms with Crippen molar-refractivity contribution in [2.24, 2.45) is 10.8 Å². The van der Waals surface area contributed by atoms with Gasteiger partial charge in [-0.1, -0.05) is 20.8 Å². The number of phosphoric acid groups is 2. The first-order valence-electron chi connectivity index (χ1n) is 9.69. The van der Waals surface area contributed by atoms with Crippen LogP contribution in [0.3, 0.4) is 0 Å². The molecule has 1 aliphatic carbocycles. The summed E-state index contributed by atoms with van der Waals surface area (Å²) in [6.45, 7) is 12.3. The Labute approximate surface area is 185 Å². The molecule has 0 aromatic carbocycles. The van der Waals surface area contributed by atoms with Crippen molar-refractivity contribution in [2.45, 2.75) is 44.9 Å². The minimum Gasteiger partial charge on any atom is -0.756 e. The number of rotatable bonds is 4. The third-order valence-electron chi connectivity index (χ3n) is 6.59. The zero-order valence-electron chi connectivity index (χ0n) is 19.0. The summed E-state index contributed by atoms with van der Waals surface area (Å²) < 4.78 is 19.8. The van der Waals surface area contributed by atoms with Gasteiger partial charge in [-0.3, -0.25) is 9.13 Å². The lowest BCUT2D eigenvalue weighted by atomic mass is 9.62. The van der Waals surface area contributed by atoms with Crippen LogP contribution >= 0.6 is 27.2 Å². The van der Waals surface area contributed by atoms with Crippen LogP contribution in [-0.2, 0) is 9.13 Å². The minimum atomic E-state index is -4.89. The first kappa shape index (κ1) is 30.4. The molecule has 1 heterocycles. The highest BCUT2D eigenvalue weighted by molar-refractivity contribution is 7.43. The van der Waals surface area contributed by atoms with Gasteiger partial charge in [-0.05, 0) is 12.8 Å². The van der Waals surface area contributed by atoms with E-state index in [0.717, 1.165) is 11.0 Å². The number of alkyl halides is 1. The number of nitrogens with zero attached hydrogens (tertiary/aromatic N) is 2. The van der Waals surface area contributed by atoms with Crippen LogP contribution in [0.2, 0.25) is 0 Å². The van der Waals surface area contributed by atoms with Gasteiger partial charge in [0.1, 0.15) is 0 Å². The first-order valence-corrected chi connectivity index (χ1v) is 13.1. The van der Waals surface area contributed by atoms with Crippen LogP contribution < -0.4 is 9.79 Å². The van der Waals surface area contributed by atoms with Gasteiger partial charge in [-0.2, -0.15) is 0 Å². The molecule has 0 spiro atoms. The van der Waals surface area contributed by atoms with E-state index in [1.807, 2.05) is 0 Å². The SMILES string of the molecule is CC12CCC(Cl)(C[N+](C)(CCC[N+](C)(C)C)C1)C2(C)C.O=P([O-])(O)O.O=P([O-])(O)O. The molecule has 10 nitrogen and oxygen atoms in total. The molecule has 0 aromatic rings. The van der Waals surface area contributed by atoms with Crippen LogP contribution in [0.4, 0.5) is 0 Å². The highest BCUT2D eigenvalue weighted by Gasteiger charge is 2.67. The monoisotopic (exact) mass is 496 g/mol. The van der Waals surface area contributed by atoms with Crippen molar-refractivity contribution < 1.29 is 47.5 Å². The standard InChI is InChI=1S/C17H35ClN2.2H3O4P/c1-15(2)16(3)9-10-17(15,18)14-20(7,13-16)12-8-11-19(4,5)6;2*1-5(2,3)4/h8-14H2,1-7H3;2*(H3,1,2,3,4)/q+2;;/p-2. The average molecular weight is 497 g/mol. The molecule has 13 heteroatoms. The molecule has 30 heavy (non-hydrogen) atoms. The molecule has 182 valence electrons. The van der Waals surface area contributed by atoms with E-state index in [1.54, 1.807) is 0 Å². The largest absolute Gasteiger partial charge is 0.756 e. The minimum absolute atomic E-state index is 0.00530. The van der Waals surface area contributed by atoms with E-state index in [1.165, 1.54) is 43.4 Å². The summed E-state index contributed by atoms with van der Waals surface area (Å²) in [6, 6.07) is 0. The molecular formula is C17H39ClN2O8P2. The fourth-order valence-electron chi connectivity index (χ4n) is 4.78. The van der Waals surface area contributed by atoms with Gasteiger partial charge < -0.3 is 38.3 Å². The van der Waals surface area contributed by atoms with E-state index in [9.17, 15) is 0 Å². The van der Waals surface area contributed by atoms with E-state index in [2.05, 4.69) is 49.0 Å². The van der Waals surface area contributed by atoms with Gasteiger partial charge in [0, 0.05) is 17.3 Å². The summed E-state index contributed by atoms with van der Waals surface area (Å²) in [5, 5.41) is 0. The third kappa shape index (κ3) is 10.4. The van der Waals surface area contributed by atoms with Crippen LogP contribution in [-0.4, -0.2) is 87.8 Å². The number of quaternary nitrogens is 2. The number of hydrogen-bond donors (Lipinski definition) is 4. The lowest BCUT2D eigenvalue weighted by molar-refractivity contribution is -0.930. The summed E-state index contributed by atoms with van der Waals surface area (Å²) in [7, 11) is -0.486. The maximum atomic E-state index is 8.77. The van der Waals surface area contributed by atoms with Gasteiger partial charge in [-0.25, -0.2) is 0 Å². The smallest absolute Gasteiger partial charge is 0.262 e. The van der Waals surface area contributed by atoms with Crippen molar-refractivity contribution in [3.8, 4) is 0 Å². The molecule has 3 unspecified atom stereocenters. The molecule has 0 amide bonds. The quantitative estimate of drug-likeness (QED) is 0.244. The van der Waals surface area contributed by atoms with Crippen LogP contribution in [0.1, 0.15) is 40.0 Å². The molecule has 4 N–H and O–H groups in total. The zero-order valence-corrected chi connectivity index (χ0v) is 21.6. The second kappa shape index (κ2) is 9.74. The molecule has 1 saturated heterocycles. The number of hydrogen-bond acceptors (Lipinski definition) is 4. The van der Waals surface area contributed by atoms with Crippen LogP contribution in [0, 0.1) is 10.8 Å². The first-order chi connectivity index (χ1) is 12.8. The molecule has 2 fully saturated rings. The molecule has 0 radical (unpaired) electrons. The molecule has 1 saturated carbocycles. The van der Waals surface area contributed by atoms with E-state index in [4.69, 9.17) is 50.1 Å². The van der Waals surface area contributed by atoms with Crippen molar-refractivity contribution in [1.29, 1.82) is 0 Å². The van der Waals surface area contributed by atoms with Crippen molar-refractivity contribution in [3.05, 3.63) is 0 Å². The second-order valence-corrected chi connectivity index (χ2v) is 13.3. The topological polar surface area (TPSA) is 161 Å². The van der Waals surface area contributed by atoms with Crippen LogP contribution in [0.15, 0.2) is 0 Å². The molecule has 2 aliphatic rings. The van der Waals surface area contributed by atoms with E-state index < -0.39 is 15.6 Å². The highest BCUT2D eigenvalue weighted by atomic mass is 35.5. The number of piperidine rings is 1. The van der Waals surface area contributed by atoms with Crippen molar-refractivity contribution in [1.82, 2.24) is 0 Å². The summed E-state index contributed by atoms with van der Waals surface area (Å²) in [5.74, 6) is 0. The Morgan fingerprint density at radius 2 is 1.37 bits per heavy atom. The highest BCUT2D eigenvalue weighted by Crippen LogP contribution is 2.64. The Kier molecular flexibility index (Phi) is 9.88. The Morgan fingerprint density at radius 3 is 1.70 bits per heavy atom. The van der Waals surface area contributed by atoms with Crippen LogP contribution in [0.25, 0.3) is 0 Å². The normalized spacial score (nSPS) is 33.1. The van der Waals surface area contributed by atoms with Crippen LogP contribution in [0.5, 0.6) is 0 Å². The van der Waals surface area contributed by atoms with Crippen molar-refractivity contribution in [3.63, 3.8) is 0 Å². The predicted octanol–water partition coefficient (Wildman–Crippen LogP) is 0.226. The van der Waals surface area contributed by atoms with Gasteiger partial charge in [0.25, 0.3) is 15.6 Å². The number of likely N-dealkylation sites (tertiary alicyclic amines) is 1. The number of fused-ring (bicyclic) bond motifs is 2. The van der Waals surface area contributed by atoms with Crippen molar-refractivity contribution >= 4 is 27.2 Å². The van der Waals surface area contributed by atoms with Gasteiger partial charge >= 0.3 is 0 Å². The average Bonchev–Trinajstić information content (AvgIpc) is 2.49. The lowest BCUT2D eigenvalue weighted by Crippen LogP contribution is -2.66. The molecule has 3 atom stereocenters. The van der Waals surface area contributed by atoms with E-state index >= 15 is 0 Å². The zero-order chi connectivity index (χ0) is 24.4. The number of halogens is 1. The summed E-state index contributed by atoms with van der Waals surface area (Å²) in [4.78, 5) is 45.9. The summed E-state index contributed by atoms with van der Waals surface area (Å²) in [6.07, 6.45) is 3.79. The predicted molar refractivity (Wildman–Crippen MR) is 112 cm³/mol. The second-order valence-electron chi connectivity index (χ2n) is 10.7. The Bertz CT molecular complexity index is 617. The van der Waals surface area contributed by atoms with Crippen molar-refractivity contribution in [2.75, 3.05) is 54.4 Å². The molecule has 1 aliphatic heterocycles. The van der Waals surface area contributed by atoms with Gasteiger partial charge in [0.2, 0.25) is 0 Å². The third-order valence-corrected chi connectivity index (χ3v) is 7.37. The Morgan fingerprint density at radius 1 is 0.967 bits per heavy atom. The molecule has 0 aromatic heterocycles. The van der Waals surface area contributed by atoms with Gasteiger partial charge in [0.05, 0.1) is 59.2 Å². The Hall–Kier alpha value is 0.430. The van der Waals surface area contributed by atoms with E-state index in [0.29, 0.717) is 5.41 Å². The summed E-state index contributed by atoms with van der Waals surface area (Å²) >= 11 is 7.12. The molecule has 2 rings (SSSR count). The lowest BCUT2D eigenvalue weighted by Gasteiger charge is -2.57. The van der Waals surface area contributed by atoms with Gasteiger partial charge in [-0.15, -0.1) is 11.6 Å². The fourth-order valence-corrected chi connectivity index (χ4v) is 5.39. The van der Waals surface area contributed by atoms with Gasteiger partial charge in [0.15, 0.2) is 0 Å². The maximum absolute atomic E-state index is 8.77. The fraction of sp³-hybridized carbons (Fsp3) is 1.00. The molecule has 2 bridgehead atoms. The van der Waals surface area contributed by atoms with E-state index in [-0.39, 0.29) is 10.3 Å². The Balaban J connectivity index is 0.000000702.